The predicted octanol–water partition coefficient (Wildman–Crippen LogP) is 3.46. The third kappa shape index (κ3) is 3.18. The van der Waals surface area contributed by atoms with Crippen LogP contribution in [0.15, 0.2) is 51.7 Å². The van der Waals surface area contributed by atoms with E-state index in [-0.39, 0.29) is 5.75 Å². The molecule has 0 aliphatic carbocycles. The van der Waals surface area contributed by atoms with Crippen LogP contribution in [-0.2, 0) is 19.5 Å². The van der Waals surface area contributed by atoms with Gasteiger partial charge in [0.2, 0.25) is 0 Å². The van der Waals surface area contributed by atoms with Crippen molar-refractivity contribution in [3.63, 3.8) is 0 Å². The van der Waals surface area contributed by atoms with Crippen molar-refractivity contribution in [1.82, 2.24) is 4.90 Å². The fourth-order valence-electron chi connectivity index (χ4n) is 3.48. The molecule has 0 saturated carbocycles. The van der Waals surface area contributed by atoms with Gasteiger partial charge in [-0.15, -0.1) is 0 Å². The number of rotatable bonds is 3. The van der Waals surface area contributed by atoms with E-state index >= 15 is 0 Å². The number of fused-ring (bicyclic) bond motifs is 2. The van der Waals surface area contributed by atoms with Crippen molar-refractivity contribution in [3.8, 4) is 11.5 Å². The Labute approximate surface area is 151 Å². The summed E-state index contributed by atoms with van der Waals surface area (Å²) in [7, 11) is 0. The van der Waals surface area contributed by atoms with Crippen LogP contribution in [0.1, 0.15) is 23.6 Å². The summed E-state index contributed by atoms with van der Waals surface area (Å²) in [6.45, 7) is 4.75. The Kier molecular flexibility index (Phi) is 4.39. The van der Waals surface area contributed by atoms with Gasteiger partial charge in [-0.3, -0.25) is 4.90 Å². The van der Waals surface area contributed by atoms with Crippen molar-refractivity contribution in [1.29, 1.82) is 0 Å². The van der Waals surface area contributed by atoms with Crippen molar-refractivity contribution < 1.29 is 14.3 Å². The summed E-state index contributed by atoms with van der Waals surface area (Å²) >= 11 is 0. The number of ether oxygens (including phenoxy) is 1. The molecule has 134 valence electrons. The van der Waals surface area contributed by atoms with Crippen LogP contribution in [-0.4, -0.2) is 23.2 Å². The van der Waals surface area contributed by atoms with E-state index < -0.39 is 5.63 Å². The van der Waals surface area contributed by atoms with Crippen LogP contribution in [0.5, 0.6) is 11.5 Å². The second kappa shape index (κ2) is 6.84. The second-order valence-electron chi connectivity index (χ2n) is 6.59. The van der Waals surface area contributed by atoms with Gasteiger partial charge in [-0.1, -0.05) is 25.1 Å². The maximum absolute atomic E-state index is 12.0. The molecule has 1 aliphatic rings. The minimum atomic E-state index is -0.400. The van der Waals surface area contributed by atoms with Crippen LogP contribution in [0.25, 0.3) is 11.0 Å². The Morgan fingerprint density at radius 1 is 1.15 bits per heavy atom. The Balaban J connectivity index is 1.71. The summed E-state index contributed by atoms with van der Waals surface area (Å²) in [5, 5.41) is 10.9. The molecule has 0 saturated heterocycles. The third-order valence-electron chi connectivity index (χ3n) is 4.84. The number of hydrogen-bond acceptors (Lipinski definition) is 5. The zero-order chi connectivity index (χ0) is 18.1. The molecule has 0 atom stereocenters. The van der Waals surface area contributed by atoms with Crippen LogP contribution in [0.2, 0.25) is 0 Å². The zero-order valence-corrected chi connectivity index (χ0v) is 14.7. The first-order valence-electron chi connectivity index (χ1n) is 8.85. The number of para-hydroxylation sites is 1. The Bertz CT molecular complexity index is 1010. The molecule has 1 N–H and O–H groups in total. The molecule has 3 aromatic rings. The van der Waals surface area contributed by atoms with Crippen LogP contribution in [0, 0.1) is 0 Å². The molecule has 2 heterocycles. The molecule has 0 radical (unpaired) electrons. The van der Waals surface area contributed by atoms with Crippen molar-refractivity contribution in [2.75, 3.05) is 13.2 Å². The maximum atomic E-state index is 12.0. The van der Waals surface area contributed by atoms with Gasteiger partial charge in [0.15, 0.2) is 0 Å². The van der Waals surface area contributed by atoms with Crippen LogP contribution < -0.4 is 10.4 Å². The average Bonchev–Trinajstić information content (AvgIpc) is 2.82. The lowest BCUT2D eigenvalue weighted by atomic mass is 10.0. The quantitative estimate of drug-likeness (QED) is 0.732. The molecule has 0 fully saturated rings. The zero-order valence-electron chi connectivity index (χ0n) is 14.7. The molecule has 1 aromatic heterocycles. The van der Waals surface area contributed by atoms with Crippen molar-refractivity contribution in [3.05, 3.63) is 69.6 Å². The molecular formula is C21H21NO4. The highest BCUT2D eigenvalue weighted by molar-refractivity contribution is 5.82. The molecule has 2 aromatic carbocycles. The molecule has 0 bridgehead atoms. The number of nitrogens with zero attached hydrogens (tertiary/aromatic N) is 1. The summed E-state index contributed by atoms with van der Waals surface area (Å²) in [4.78, 5) is 14.2. The van der Waals surface area contributed by atoms with Crippen molar-refractivity contribution in [2.24, 2.45) is 0 Å². The van der Waals surface area contributed by atoms with Gasteiger partial charge in [-0.05, 0) is 29.7 Å². The first-order chi connectivity index (χ1) is 12.6. The van der Waals surface area contributed by atoms with E-state index in [4.69, 9.17) is 9.15 Å². The van der Waals surface area contributed by atoms with E-state index in [2.05, 4.69) is 11.0 Å². The standard InChI is InChI=1S/C21H21NO4/c1-2-14-9-17-16(10-21(24)26-20(17)11-18(14)23)13-22-7-8-25-19-6-4-3-5-15(19)12-22/h3-6,9-11,23H,2,7-8,12-13H2,1H3. The summed E-state index contributed by atoms with van der Waals surface area (Å²) < 4.78 is 11.1. The van der Waals surface area contributed by atoms with Crippen LogP contribution in [0.4, 0.5) is 0 Å². The van der Waals surface area contributed by atoms with E-state index in [0.717, 1.165) is 40.9 Å². The smallest absolute Gasteiger partial charge is 0.336 e. The minimum Gasteiger partial charge on any atom is -0.508 e. The lowest BCUT2D eigenvalue weighted by Crippen LogP contribution is -2.25. The Morgan fingerprint density at radius 3 is 2.85 bits per heavy atom. The summed E-state index contributed by atoms with van der Waals surface area (Å²) in [6.07, 6.45) is 0.714. The Morgan fingerprint density at radius 2 is 2.00 bits per heavy atom. The Hall–Kier alpha value is -2.79. The van der Waals surface area contributed by atoms with Gasteiger partial charge in [0.25, 0.3) is 0 Å². The topological polar surface area (TPSA) is 62.9 Å². The van der Waals surface area contributed by atoms with E-state index in [1.807, 2.05) is 31.2 Å². The van der Waals surface area contributed by atoms with Gasteiger partial charge < -0.3 is 14.3 Å². The molecule has 0 amide bonds. The average molecular weight is 351 g/mol. The largest absolute Gasteiger partial charge is 0.508 e. The third-order valence-corrected chi connectivity index (χ3v) is 4.84. The van der Waals surface area contributed by atoms with Gasteiger partial charge in [-0.2, -0.15) is 0 Å². The minimum absolute atomic E-state index is 0.164. The van der Waals surface area contributed by atoms with E-state index in [0.29, 0.717) is 25.2 Å². The fourth-order valence-corrected chi connectivity index (χ4v) is 3.48. The highest BCUT2D eigenvalue weighted by Crippen LogP contribution is 2.29. The van der Waals surface area contributed by atoms with Gasteiger partial charge in [0.1, 0.15) is 23.7 Å². The highest BCUT2D eigenvalue weighted by atomic mass is 16.5. The molecule has 26 heavy (non-hydrogen) atoms. The summed E-state index contributed by atoms with van der Waals surface area (Å²) in [6, 6.07) is 13.1. The first kappa shape index (κ1) is 16.7. The normalized spacial score (nSPS) is 14.7. The predicted molar refractivity (Wildman–Crippen MR) is 99.6 cm³/mol. The van der Waals surface area contributed by atoms with Crippen molar-refractivity contribution in [2.45, 2.75) is 26.4 Å². The fraction of sp³-hybridized carbons (Fsp3) is 0.286. The molecule has 5 nitrogen and oxygen atoms in total. The molecular weight excluding hydrogens is 330 g/mol. The van der Waals surface area contributed by atoms with Gasteiger partial charge >= 0.3 is 5.63 Å². The SMILES string of the molecule is CCc1cc2c(CN3CCOc4ccccc4C3)cc(=O)oc2cc1O. The molecule has 0 unspecified atom stereocenters. The molecule has 4 rings (SSSR count). The van der Waals surface area contributed by atoms with Gasteiger partial charge in [-0.25, -0.2) is 4.79 Å². The molecule has 0 spiro atoms. The van der Waals surface area contributed by atoms with E-state index in [1.54, 1.807) is 12.1 Å². The summed E-state index contributed by atoms with van der Waals surface area (Å²) in [5.74, 6) is 1.09. The molecule has 5 heteroatoms. The van der Waals surface area contributed by atoms with Gasteiger partial charge in [0.05, 0.1) is 0 Å². The lowest BCUT2D eigenvalue weighted by molar-refractivity contribution is 0.220. The molecule has 1 aliphatic heterocycles. The number of aromatic hydroxyl groups is 1. The van der Waals surface area contributed by atoms with Gasteiger partial charge in [0, 0.05) is 42.7 Å². The number of aryl methyl sites for hydroxylation is 1. The lowest BCUT2D eigenvalue weighted by Gasteiger charge is -2.20. The number of benzene rings is 2. The highest BCUT2D eigenvalue weighted by Gasteiger charge is 2.17. The maximum Gasteiger partial charge on any atom is 0.336 e. The number of hydrogen-bond donors (Lipinski definition) is 1. The van der Waals surface area contributed by atoms with E-state index in [9.17, 15) is 9.90 Å². The summed E-state index contributed by atoms with van der Waals surface area (Å²) in [5.41, 5.74) is 2.92. The first-order valence-corrected chi connectivity index (χ1v) is 8.85. The van der Waals surface area contributed by atoms with Crippen LogP contribution in [0.3, 0.4) is 0 Å². The van der Waals surface area contributed by atoms with Crippen molar-refractivity contribution >= 4 is 11.0 Å². The number of phenolic OH excluding ortho intramolecular Hbond substituents is 1. The van der Waals surface area contributed by atoms with Crippen LogP contribution >= 0.6 is 0 Å². The second-order valence-corrected chi connectivity index (χ2v) is 6.59. The monoisotopic (exact) mass is 351 g/mol. The number of phenols is 1. The van der Waals surface area contributed by atoms with E-state index in [1.165, 1.54) is 0 Å².